The molecule has 0 aliphatic heterocycles. The minimum Gasteiger partial charge on any atom is -0.497 e. The van der Waals surface area contributed by atoms with Crippen molar-refractivity contribution < 1.29 is 29.5 Å². The second-order valence-electron chi connectivity index (χ2n) is 3.68. The maximum absolute atomic E-state index is 10.8. The number of ether oxygens (including phenoxy) is 1. The summed E-state index contributed by atoms with van der Waals surface area (Å²) in [6.45, 7) is 0. The molecule has 0 fully saturated rings. The molecular weight excluding hydrogens is 258 g/mol. The second kappa shape index (κ2) is 5.80. The van der Waals surface area contributed by atoms with Gasteiger partial charge in [-0.3, -0.25) is 19.7 Å². The Morgan fingerprint density at radius 1 is 1.37 bits per heavy atom. The smallest absolute Gasteiger partial charge is 0.318 e. The van der Waals surface area contributed by atoms with Crippen LogP contribution in [0.1, 0.15) is 5.56 Å². The average molecular weight is 269 g/mol. The van der Waals surface area contributed by atoms with Gasteiger partial charge in [-0.15, -0.1) is 0 Å². The van der Waals surface area contributed by atoms with E-state index in [1.54, 1.807) is 0 Å². The molecule has 0 unspecified atom stereocenters. The van der Waals surface area contributed by atoms with E-state index in [2.05, 4.69) is 0 Å². The van der Waals surface area contributed by atoms with Crippen molar-refractivity contribution in [2.75, 3.05) is 7.11 Å². The minimum absolute atomic E-state index is 0.000787. The summed E-state index contributed by atoms with van der Waals surface area (Å²) >= 11 is 0. The van der Waals surface area contributed by atoms with E-state index in [4.69, 9.17) is 14.9 Å². The van der Waals surface area contributed by atoms with Crippen LogP contribution in [0.25, 0.3) is 0 Å². The highest BCUT2D eigenvalue weighted by molar-refractivity contribution is 5.93. The molecule has 19 heavy (non-hydrogen) atoms. The third-order valence-electron chi connectivity index (χ3n) is 2.50. The minimum atomic E-state index is -1.74. The highest BCUT2D eigenvalue weighted by Gasteiger charge is 2.29. The molecule has 1 aromatic carbocycles. The zero-order valence-corrected chi connectivity index (χ0v) is 9.90. The molecule has 0 heterocycles. The van der Waals surface area contributed by atoms with Crippen LogP contribution in [0.2, 0.25) is 0 Å². The summed E-state index contributed by atoms with van der Waals surface area (Å²) in [4.78, 5) is 31.7. The Hall–Kier alpha value is -2.64. The first-order valence-corrected chi connectivity index (χ1v) is 5.13. The highest BCUT2D eigenvalue weighted by Crippen LogP contribution is 2.26. The summed E-state index contributed by atoms with van der Waals surface area (Å²) in [5, 5.41) is 28.4. The summed E-state index contributed by atoms with van der Waals surface area (Å²) in [6, 6.07) is 3.75. The largest absolute Gasteiger partial charge is 0.497 e. The van der Waals surface area contributed by atoms with E-state index >= 15 is 0 Å². The summed E-state index contributed by atoms with van der Waals surface area (Å²) in [5.41, 5.74) is -0.340. The molecule has 0 amide bonds. The van der Waals surface area contributed by atoms with Crippen LogP contribution >= 0.6 is 0 Å². The maximum Gasteiger partial charge on any atom is 0.318 e. The number of aliphatic carboxylic acids is 2. The lowest BCUT2D eigenvalue weighted by atomic mass is 9.98. The van der Waals surface area contributed by atoms with E-state index in [-0.39, 0.29) is 17.0 Å². The fourth-order valence-electron chi connectivity index (χ4n) is 1.53. The molecule has 0 aliphatic rings. The molecule has 0 radical (unpaired) electrons. The van der Waals surface area contributed by atoms with Crippen LogP contribution < -0.4 is 4.74 Å². The Morgan fingerprint density at radius 3 is 2.37 bits per heavy atom. The van der Waals surface area contributed by atoms with Gasteiger partial charge in [-0.1, -0.05) is 0 Å². The molecule has 8 nitrogen and oxygen atoms in total. The fraction of sp³-hybridized carbons (Fsp3) is 0.273. The van der Waals surface area contributed by atoms with E-state index in [0.717, 1.165) is 6.07 Å². The molecule has 1 aromatic rings. The van der Waals surface area contributed by atoms with Gasteiger partial charge < -0.3 is 14.9 Å². The van der Waals surface area contributed by atoms with Gasteiger partial charge in [0.2, 0.25) is 0 Å². The number of nitro groups is 1. The van der Waals surface area contributed by atoms with E-state index in [1.807, 2.05) is 0 Å². The number of hydrogen-bond acceptors (Lipinski definition) is 5. The molecule has 0 atom stereocenters. The molecule has 2 N–H and O–H groups in total. The SMILES string of the molecule is COc1ccc([N+](=O)[O-])c(CC(C(=O)O)C(=O)O)c1. The van der Waals surface area contributed by atoms with Gasteiger partial charge in [-0.25, -0.2) is 0 Å². The van der Waals surface area contributed by atoms with Crippen molar-refractivity contribution in [1.82, 2.24) is 0 Å². The number of carbonyl (C=O) groups is 2. The van der Waals surface area contributed by atoms with Crippen LogP contribution in [0.3, 0.4) is 0 Å². The molecular formula is C11H11NO7. The quantitative estimate of drug-likeness (QED) is 0.446. The van der Waals surface area contributed by atoms with Crippen molar-refractivity contribution in [3.05, 3.63) is 33.9 Å². The number of hydrogen-bond donors (Lipinski definition) is 2. The van der Waals surface area contributed by atoms with Gasteiger partial charge in [0.25, 0.3) is 5.69 Å². The lowest BCUT2D eigenvalue weighted by molar-refractivity contribution is -0.385. The van der Waals surface area contributed by atoms with Gasteiger partial charge in [-0.2, -0.15) is 0 Å². The first-order valence-electron chi connectivity index (χ1n) is 5.13. The van der Waals surface area contributed by atoms with Gasteiger partial charge in [0.15, 0.2) is 5.92 Å². The lowest BCUT2D eigenvalue weighted by Crippen LogP contribution is -2.25. The second-order valence-corrected chi connectivity index (χ2v) is 3.68. The molecule has 8 heteroatoms. The summed E-state index contributed by atoms with van der Waals surface area (Å²) in [6.07, 6.45) is -0.488. The van der Waals surface area contributed by atoms with Crippen molar-refractivity contribution in [2.45, 2.75) is 6.42 Å². The maximum atomic E-state index is 10.8. The Balaban J connectivity index is 3.19. The molecule has 0 saturated carbocycles. The summed E-state index contributed by atoms with van der Waals surface area (Å²) in [5.74, 6) is -4.56. The zero-order valence-electron chi connectivity index (χ0n) is 9.90. The lowest BCUT2D eigenvalue weighted by Gasteiger charge is -2.09. The van der Waals surface area contributed by atoms with E-state index in [1.165, 1.54) is 19.2 Å². The summed E-state index contributed by atoms with van der Waals surface area (Å²) < 4.78 is 4.87. The predicted octanol–water partition coefficient (Wildman–Crippen LogP) is 0.931. The molecule has 0 bridgehead atoms. The van der Waals surface area contributed by atoms with Crippen molar-refractivity contribution in [2.24, 2.45) is 5.92 Å². The zero-order chi connectivity index (χ0) is 14.6. The third-order valence-corrected chi connectivity index (χ3v) is 2.50. The Labute approximate surface area is 107 Å². The Bertz CT molecular complexity index is 512. The summed E-state index contributed by atoms with van der Waals surface area (Å²) in [7, 11) is 1.34. The van der Waals surface area contributed by atoms with Crippen LogP contribution in [0.15, 0.2) is 18.2 Å². The number of carboxylic acids is 2. The standard InChI is InChI=1S/C11H11NO7/c1-19-7-2-3-9(12(17)18)6(4-7)5-8(10(13)14)11(15)16/h2-4,8H,5H2,1H3,(H,13,14)(H,15,16). The van der Waals surface area contributed by atoms with Crippen LogP contribution in [0.4, 0.5) is 5.69 Å². The number of rotatable bonds is 6. The van der Waals surface area contributed by atoms with Crippen LogP contribution in [-0.2, 0) is 16.0 Å². The molecule has 0 saturated heterocycles. The monoisotopic (exact) mass is 269 g/mol. The normalized spacial score (nSPS) is 10.2. The average Bonchev–Trinajstić information content (AvgIpc) is 2.34. The van der Waals surface area contributed by atoms with E-state index in [9.17, 15) is 19.7 Å². The van der Waals surface area contributed by atoms with Crippen molar-refractivity contribution in [3.63, 3.8) is 0 Å². The molecule has 0 aromatic heterocycles. The predicted molar refractivity (Wildman–Crippen MR) is 62.1 cm³/mol. The third kappa shape index (κ3) is 3.41. The van der Waals surface area contributed by atoms with E-state index in [0.29, 0.717) is 0 Å². The Morgan fingerprint density at radius 2 is 1.95 bits per heavy atom. The van der Waals surface area contributed by atoms with Crippen molar-refractivity contribution >= 4 is 17.6 Å². The van der Waals surface area contributed by atoms with Gasteiger partial charge in [-0.05, 0) is 12.1 Å². The highest BCUT2D eigenvalue weighted by atomic mass is 16.6. The molecule has 0 spiro atoms. The van der Waals surface area contributed by atoms with Crippen molar-refractivity contribution in [1.29, 1.82) is 0 Å². The Kier molecular flexibility index (Phi) is 4.41. The topological polar surface area (TPSA) is 127 Å². The first-order chi connectivity index (χ1) is 8.86. The van der Waals surface area contributed by atoms with Crippen LogP contribution in [0, 0.1) is 16.0 Å². The van der Waals surface area contributed by atoms with Gasteiger partial charge in [0, 0.05) is 18.1 Å². The molecule has 0 aliphatic carbocycles. The first kappa shape index (κ1) is 14.4. The van der Waals surface area contributed by atoms with Gasteiger partial charge in [0.1, 0.15) is 5.75 Å². The van der Waals surface area contributed by atoms with Crippen molar-refractivity contribution in [3.8, 4) is 5.75 Å². The molecule has 102 valence electrons. The van der Waals surface area contributed by atoms with Gasteiger partial charge in [0.05, 0.1) is 12.0 Å². The number of methoxy groups -OCH3 is 1. The number of benzene rings is 1. The number of nitro benzene ring substituents is 1. The van der Waals surface area contributed by atoms with Gasteiger partial charge >= 0.3 is 11.9 Å². The van der Waals surface area contributed by atoms with E-state index < -0.39 is 29.2 Å². The number of carboxylic acid groups (broad SMARTS) is 2. The fourth-order valence-corrected chi connectivity index (χ4v) is 1.53. The van der Waals surface area contributed by atoms with Crippen LogP contribution in [-0.4, -0.2) is 34.2 Å². The number of nitrogens with zero attached hydrogens (tertiary/aromatic N) is 1. The van der Waals surface area contributed by atoms with Crippen LogP contribution in [0.5, 0.6) is 5.75 Å². The molecule has 1 rings (SSSR count).